The summed E-state index contributed by atoms with van der Waals surface area (Å²) in [5.41, 5.74) is -0.461. The molecule has 0 amide bonds. The third kappa shape index (κ3) is 3.36. The van der Waals surface area contributed by atoms with Crippen molar-refractivity contribution in [2.75, 3.05) is 0 Å². The van der Waals surface area contributed by atoms with Gasteiger partial charge < -0.3 is 9.31 Å². The minimum atomic E-state index is -0.250. The van der Waals surface area contributed by atoms with Crippen molar-refractivity contribution in [3.8, 4) is 0 Å². The van der Waals surface area contributed by atoms with Gasteiger partial charge in [0.15, 0.2) is 0 Å². The van der Waals surface area contributed by atoms with E-state index in [1.54, 1.807) is 5.98 Å². The first kappa shape index (κ1) is 13.8. The molecule has 1 aliphatic heterocycles. The lowest BCUT2D eigenvalue weighted by atomic mass is 9.90. The minimum absolute atomic E-state index is 0.230. The highest BCUT2D eigenvalue weighted by Crippen LogP contribution is 2.36. The van der Waals surface area contributed by atoms with E-state index in [9.17, 15) is 0 Å². The first-order valence-corrected chi connectivity index (χ1v) is 6.37. The quantitative estimate of drug-likeness (QED) is 0.631. The third-order valence-electron chi connectivity index (χ3n) is 3.71. The van der Waals surface area contributed by atoms with Crippen LogP contribution in [0.5, 0.6) is 0 Å². The van der Waals surface area contributed by atoms with Crippen LogP contribution >= 0.6 is 0 Å². The molecule has 16 heavy (non-hydrogen) atoms. The van der Waals surface area contributed by atoms with E-state index in [1.165, 1.54) is 32.1 Å². The smallest absolute Gasteiger partial charge is 0.400 e. The Hall–Kier alpha value is -0.275. The van der Waals surface area contributed by atoms with Crippen LogP contribution in [0.25, 0.3) is 0 Å². The molecule has 1 heterocycles. The van der Waals surface area contributed by atoms with Crippen LogP contribution in [0.4, 0.5) is 0 Å². The summed E-state index contributed by atoms with van der Waals surface area (Å²) in [5, 5.41) is 0. The molecule has 2 nitrogen and oxygen atoms in total. The molecular weight excluding hydrogens is 199 g/mol. The average molecular weight is 224 g/mol. The number of rotatable bonds is 1. The fourth-order valence-corrected chi connectivity index (χ4v) is 1.87. The monoisotopic (exact) mass is 224 g/mol. The van der Waals surface area contributed by atoms with Gasteiger partial charge in [-0.2, -0.15) is 0 Å². The van der Waals surface area contributed by atoms with Gasteiger partial charge in [0.1, 0.15) is 0 Å². The van der Waals surface area contributed by atoms with Crippen LogP contribution in [-0.2, 0) is 9.31 Å². The molecule has 0 radical (unpaired) electrons. The van der Waals surface area contributed by atoms with Crippen LogP contribution in [0.15, 0.2) is 12.6 Å². The SMILES string of the molecule is C1CCCC1.C=CB1OC(C)(C)C(C)(C)O1. The van der Waals surface area contributed by atoms with E-state index in [2.05, 4.69) is 6.58 Å². The fourth-order valence-electron chi connectivity index (χ4n) is 1.87. The molecule has 0 aromatic heterocycles. The predicted molar refractivity (Wildman–Crippen MR) is 69.4 cm³/mol. The molecule has 1 saturated heterocycles. The van der Waals surface area contributed by atoms with Crippen molar-refractivity contribution in [3.63, 3.8) is 0 Å². The van der Waals surface area contributed by atoms with Crippen molar-refractivity contribution in [2.24, 2.45) is 0 Å². The fraction of sp³-hybridized carbons (Fsp3) is 0.846. The highest BCUT2D eigenvalue weighted by molar-refractivity contribution is 6.51. The van der Waals surface area contributed by atoms with Crippen molar-refractivity contribution in [1.82, 2.24) is 0 Å². The summed E-state index contributed by atoms with van der Waals surface area (Å²) >= 11 is 0. The molecular formula is C13H25BO2. The van der Waals surface area contributed by atoms with Crippen molar-refractivity contribution >= 4 is 7.12 Å². The summed E-state index contributed by atoms with van der Waals surface area (Å²) in [7, 11) is -0.250. The summed E-state index contributed by atoms with van der Waals surface area (Å²) < 4.78 is 11.1. The molecule has 2 rings (SSSR count). The second kappa shape index (κ2) is 5.37. The van der Waals surface area contributed by atoms with Gasteiger partial charge in [0.2, 0.25) is 0 Å². The summed E-state index contributed by atoms with van der Waals surface area (Å²) in [6.45, 7) is 11.7. The highest BCUT2D eigenvalue weighted by Gasteiger charge is 2.49. The van der Waals surface area contributed by atoms with Crippen molar-refractivity contribution < 1.29 is 9.31 Å². The maximum atomic E-state index is 5.57. The molecule has 0 aromatic rings. The van der Waals surface area contributed by atoms with Gasteiger partial charge in [-0.05, 0) is 27.7 Å². The van der Waals surface area contributed by atoms with Gasteiger partial charge in [0.25, 0.3) is 0 Å². The second-order valence-electron chi connectivity index (χ2n) is 5.63. The predicted octanol–water partition coefficient (Wildman–Crippen LogP) is 3.75. The normalized spacial score (nSPS) is 26.1. The van der Waals surface area contributed by atoms with Crippen molar-refractivity contribution in [2.45, 2.75) is 71.0 Å². The van der Waals surface area contributed by atoms with Crippen molar-refractivity contribution in [3.05, 3.63) is 12.6 Å². The topological polar surface area (TPSA) is 18.5 Å². The Bertz CT molecular complexity index is 208. The van der Waals surface area contributed by atoms with Crippen LogP contribution in [-0.4, -0.2) is 18.3 Å². The Balaban J connectivity index is 0.000000212. The molecule has 0 N–H and O–H groups in total. The van der Waals surface area contributed by atoms with Crippen LogP contribution in [0.1, 0.15) is 59.8 Å². The van der Waals surface area contributed by atoms with Gasteiger partial charge >= 0.3 is 7.12 Å². The molecule has 1 saturated carbocycles. The molecule has 2 aliphatic rings. The van der Waals surface area contributed by atoms with Gasteiger partial charge in [-0.15, -0.1) is 6.58 Å². The molecule has 0 aromatic carbocycles. The number of hydrogen-bond donors (Lipinski definition) is 0. The number of hydrogen-bond acceptors (Lipinski definition) is 2. The van der Waals surface area contributed by atoms with Crippen LogP contribution in [0, 0.1) is 0 Å². The maximum absolute atomic E-state index is 5.57. The molecule has 3 heteroatoms. The van der Waals surface area contributed by atoms with Crippen LogP contribution < -0.4 is 0 Å². The Labute approximate surface area is 101 Å². The summed E-state index contributed by atoms with van der Waals surface area (Å²) in [6.07, 6.45) is 7.50. The largest absolute Gasteiger partial charge is 0.486 e. The van der Waals surface area contributed by atoms with E-state index in [4.69, 9.17) is 9.31 Å². The average Bonchev–Trinajstić information content (AvgIpc) is 2.78. The molecule has 0 unspecified atom stereocenters. The molecule has 92 valence electrons. The molecule has 1 aliphatic carbocycles. The van der Waals surface area contributed by atoms with Crippen molar-refractivity contribution in [1.29, 1.82) is 0 Å². The lowest BCUT2D eigenvalue weighted by Gasteiger charge is -2.32. The van der Waals surface area contributed by atoms with Crippen LogP contribution in [0.2, 0.25) is 0 Å². The van der Waals surface area contributed by atoms with E-state index < -0.39 is 0 Å². The van der Waals surface area contributed by atoms with Gasteiger partial charge in [0.05, 0.1) is 11.2 Å². The Kier molecular flexibility index (Phi) is 4.63. The van der Waals surface area contributed by atoms with E-state index in [0.29, 0.717) is 0 Å². The van der Waals surface area contributed by atoms with E-state index in [-0.39, 0.29) is 18.3 Å². The Morgan fingerprint density at radius 1 is 0.875 bits per heavy atom. The molecule has 0 atom stereocenters. The molecule has 0 spiro atoms. The first-order chi connectivity index (χ1) is 7.39. The lowest BCUT2D eigenvalue weighted by molar-refractivity contribution is 0.00578. The van der Waals surface area contributed by atoms with Gasteiger partial charge in [-0.1, -0.05) is 38.1 Å². The molecule has 0 bridgehead atoms. The van der Waals surface area contributed by atoms with E-state index in [1.807, 2.05) is 27.7 Å². The van der Waals surface area contributed by atoms with E-state index in [0.717, 1.165) is 0 Å². The van der Waals surface area contributed by atoms with Gasteiger partial charge in [-0.3, -0.25) is 0 Å². The van der Waals surface area contributed by atoms with Gasteiger partial charge in [-0.25, -0.2) is 0 Å². The first-order valence-electron chi connectivity index (χ1n) is 6.37. The minimum Gasteiger partial charge on any atom is -0.400 e. The van der Waals surface area contributed by atoms with Crippen LogP contribution in [0.3, 0.4) is 0 Å². The summed E-state index contributed by atoms with van der Waals surface area (Å²) in [4.78, 5) is 0. The standard InChI is InChI=1S/C8H15BO2.C5H10/c1-6-9-10-7(2,3)8(4,5)11-9;1-2-4-5-3-1/h6H,1H2,2-5H3;1-5H2. The van der Waals surface area contributed by atoms with E-state index >= 15 is 0 Å². The summed E-state index contributed by atoms with van der Waals surface area (Å²) in [5.74, 6) is 1.68. The maximum Gasteiger partial charge on any atom is 0.486 e. The third-order valence-corrected chi connectivity index (χ3v) is 3.71. The Morgan fingerprint density at radius 2 is 1.19 bits per heavy atom. The lowest BCUT2D eigenvalue weighted by Crippen LogP contribution is -2.41. The molecule has 2 fully saturated rings. The zero-order chi connectivity index (χ0) is 12.2. The second-order valence-corrected chi connectivity index (χ2v) is 5.63. The highest BCUT2D eigenvalue weighted by atomic mass is 16.7. The van der Waals surface area contributed by atoms with Gasteiger partial charge in [0, 0.05) is 0 Å². The summed E-state index contributed by atoms with van der Waals surface area (Å²) in [6, 6.07) is 0. The zero-order valence-corrected chi connectivity index (χ0v) is 11.2. The zero-order valence-electron chi connectivity index (χ0n) is 11.2. The Morgan fingerprint density at radius 3 is 1.38 bits per heavy atom.